The molecule has 6 nitrogen and oxygen atoms in total. The van der Waals surface area contributed by atoms with Crippen molar-refractivity contribution in [3.8, 4) is 0 Å². The van der Waals surface area contributed by atoms with E-state index in [9.17, 15) is 0 Å². The molecule has 1 saturated heterocycles. The second-order valence-electron chi connectivity index (χ2n) is 8.16. The Morgan fingerprint density at radius 3 is 2.79 bits per heavy atom. The molecule has 0 bridgehead atoms. The molecule has 1 aliphatic heterocycles. The number of piperidine rings is 1. The van der Waals surface area contributed by atoms with Crippen molar-refractivity contribution in [1.82, 2.24) is 10.3 Å². The summed E-state index contributed by atoms with van der Waals surface area (Å²) >= 11 is 0. The van der Waals surface area contributed by atoms with E-state index in [1.165, 1.54) is 32.1 Å². The fourth-order valence-corrected chi connectivity index (χ4v) is 4.29. The molecule has 3 N–H and O–H groups in total. The number of ether oxygens (including phenoxy) is 1. The van der Waals surface area contributed by atoms with E-state index < -0.39 is 0 Å². The van der Waals surface area contributed by atoms with Crippen molar-refractivity contribution < 1.29 is 4.74 Å². The van der Waals surface area contributed by atoms with Gasteiger partial charge in [0.05, 0.1) is 11.8 Å². The monoisotopic (exact) mass is 385 g/mol. The minimum absolute atomic E-state index is 0.158. The highest BCUT2D eigenvalue weighted by Gasteiger charge is 2.32. The second kappa shape index (κ2) is 10.0. The Bertz CT molecular complexity index is 684. The Kier molecular flexibility index (Phi) is 7.45. The van der Waals surface area contributed by atoms with Crippen molar-refractivity contribution in [1.29, 1.82) is 5.41 Å². The highest BCUT2D eigenvalue weighted by Crippen LogP contribution is 2.29. The number of nitrogens with zero attached hydrogens (tertiary/aromatic N) is 2. The molecular formula is C22H35N5O. The highest BCUT2D eigenvalue weighted by molar-refractivity contribution is 5.90. The molecule has 3 rings (SSSR count). The maximum atomic E-state index is 7.55. The lowest BCUT2D eigenvalue weighted by Crippen LogP contribution is -2.56. The van der Waals surface area contributed by atoms with Crippen LogP contribution in [0.15, 0.2) is 24.5 Å². The number of hydrogen-bond donors (Lipinski definition) is 3. The molecule has 1 aromatic rings. The zero-order valence-corrected chi connectivity index (χ0v) is 17.5. The molecule has 0 unspecified atom stereocenters. The molecule has 2 aliphatic rings. The first kappa shape index (κ1) is 20.8. The van der Waals surface area contributed by atoms with Gasteiger partial charge in [0.25, 0.3) is 0 Å². The van der Waals surface area contributed by atoms with Crippen molar-refractivity contribution in [2.45, 2.75) is 70.6 Å². The van der Waals surface area contributed by atoms with E-state index in [0.717, 1.165) is 36.6 Å². The molecule has 154 valence electrons. The highest BCUT2D eigenvalue weighted by atomic mass is 16.5. The Balaban J connectivity index is 1.68. The molecule has 6 heteroatoms. The number of aromatic nitrogens is 1. The van der Waals surface area contributed by atoms with Gasteiger partial charge < -0.3 is 25.7 Å². The average Bonchev–Trinajstić information content (AvgIpc) is 2.69. The number of aryl methyl sites for hydroxylation is 1. The molecule has 1 aliphatic carbocycles. The van der Waals surface area contributed by atoms with Crippen molar-refractivity contribution in [3.63, 3.8) is 0 Å². The minimum atomic E-state index is 0.158. The lowest BCUT2D eigenvalue weighted by molar-refractivity contribution is 0.0534. The van der Waals surface area contributed by atoms with Gasteiger partial charge in [-0.2, -0.15) is 0 Å². The van der Waals surface area contributed by atoms with Crippen LogP contribution in [-0.2, 0) is 4.74 Å². The number of allylic oxidation sites excluding steroid dienone is 1. The van der Waals surface area contributed by atoms with Crippen LogP contribution in [0.25, 0.3) is 0 Å². The van der Waals surface area contributed by atoms with Crippen LogP contribution in [-0.4, -0.2) is 49.1 Å². The van der Waals surface area contributed by atoms with Gasteiger partial charge in [0, 0.05) is 50.4 Å². The van der Waals surface area contributed by atoms with E-state index in [0.29, 0.717) is 17.8 Å². The van der Waals surface area contributed by atoms with Crippen molar-refractivity contribution in [2.75, 3.05) is 30.4 Å². The van der Waals surface area contributed by atoms with Gasteiger partial charge in [-0.15, -0.1) is 0 Å². The third kappa shape index (κ3) is 5.55. The number of nitrogens with one attached hydrogen (secondary N) is 3. The van der Waals surface area contributed by atoms with E-state index in [4.69, 9.17) is 15.1 Å². The molecule has 28 heavy (non-hydrogen) atoms. The van der Waals surface area contributed by atoms with Crippen LogP contribution in [0.5, 0.6) is 0 Å². The fraction of sp³-hybridized carbons (Fsp3) is 0.636. The molecular weight excluding hydrogens is 350 g/mol. The lowest BCUT2D eigenvalue weighted by Gasteiger charge is -2.41. The molecule has 2 atom stereocenters. The summed E-state index contributed by atoms with van der Waals surface area (Å²) < 4.78 is 5.88. The van der Waals surface area contributed by atoms with Crippen LogP contribution < -0.4 is 15.5 Å². The summed E-state index contributed by atoms with van der Waals surface area (Å²) in [6.07, 6.45) is 13.4. The number of methoxy groups -OCH3 is 1. The van der Waals surface area contributed by atoms with Gasteiger partial charge in [-0.1, -0.05) is 19.3 Å². The van der Waals surface area contributed by atoms with Crippen LogP contribution in [0.1, 0.15) is 51.0 Å². The topological polar surface area (TPSA) is 73.3 Å². The number of anilines is 2. The number of hydrogen-bond acceptors (Lipinski definition) is 6. The van der Waals surface area contributed by atoms with Gasteiger partial charge in [0.1, 0.15) is 0 Å². The predicted octanol–water partition coefficient (Wildman–Crippen LogP) is 3.87. The molecule has 2 fully saturated rings. The minimum Gasteiger partial charge on any atom is -0.378 e. The quantitative estimate of drug-likeness (QED) is 0.622. The first-order chi connectivity index (χ1) is 13.6. The summed E-state index contributed by atoms with van der Waals surface area (Å²) in [6, 6.07) is 3.17. The molecule has 2 heterocycles. The molecule has 0 spiro atoms. The SMILES string of the molecule is CO[C@@H]1CN(c2ncc(C)cc2N/C=C\C(C)=N)CC[C@@H]1NC1CCCCC1. The molecule has 0 aromatic carbocycles. The Hall–Kier alpha value is -1.92. The van der Waals surface area contributed by atoms with E-state index in [-0.39, 0.29) is 6.10 Å². The third-order valence-corrected chi connectivity index (χ3v) is 5.79. The third-order valence-electron chi connectivity index (χ3n) is 5.79. The normalized spacial score (nSPS) is 23.9. The first-order valence-electron chi connectivity index (χ1n) is 10.6. The zero-order valence-electron chi connectivity index (χ0n) is 17.5. The summed E-state index contributed by atoms with van der Waals surface area (Å²) in [6.45, 7) is 5.61. The van der Waals surface area contributed by atoms with Crippen molar-refractivity contribution >= 4 is 17.2 Å². The van der Waals surface area contributed by atoms with E-state index in [1.807, 2.05) is 26.4 Å². The van der Waals surface area contributed by atoms with Gasteiger partial charge in [-0.3, -0.25) is 0 Å². The zero-order chi connectivity index (χ0) is 19.9. The van der Waals surface area contributed by atoms with Crippen molar-refractivity contribution in [3.05, 3.63) is 30.1 Å². The van der Waals surface area contributed by atoms with Crippen LogP contribution in [0.2, 0.25) is 0 Å². The summed E-state index contributed by atoms with van der Waals surface area (Å²) in [5.41, 5.74) is 2.61. The maximum absolute atomic E-state index is 7.55. The summed E-state index contributed by atoms with van der Waals surface area (Å²) in [4.78, 5) is 7.03. The molecule has 1 saturated carbocycles. The largest absolute Gasteiger partial charge is 0.378 e. The van der Waals surface area contributed by atoms with Crippen LogP contribution in [0.3, 0.4) is 0 Å². The van der Waals surface area contributed by atoms with Gasteiger partial charge >= 0.3 is 0 Å². The number of pyridine rings is 1. The Morgan fingerprint density at radius 2 is 2.07 bits per heavy atom. The van der Waals surface area contributed by atoms with Crippen molar-refractivity contribution in [2.24, 2.45) is 0 Å². The predicted molar refractivity (Wildman–Crippen MR) is 117 cm³/mol. The first-order valence-corrected chi connectivity index (χ1v) is 10.6. The average molecular weight is 386 g/mol. The molecule has 0 amide bonds. The van der Waals surface area contributed by atoms with Crippen LogP contribution in [0, 0.1) is 12.3 Å². The van der Waals surface area contributed by atoms with Gasteiger partial charge in [0.2, 0.25) is 0 Å². The summed E-state index contributed by atoms with van der Waals surface area (Å²) in [7, 11) is 1.82. The Morgan fingerprint density at radius 1 is 1.29 bits per heavy atom. The molecule has 1 aromatic heterocycles. The van der Waals surface area contributed by atoms with Gasteiger partial charge in [0.15, 0.2) is 5.82 Å². The van der Waals surface area contributed by atoms with E-state index in [1.54, 1.807) is 13.0 Å². The standard InChI is InChI=1S/C22H35N5O/c1-16-13-20(24-11-9-17(2)23)22(25-14-16)27-12-10-19(21(15-27)28-3)26-18-7-5-4-6-8-18/h9,11,13-14,18-19,21,23-24,26H,4-8,10,12,15H2,1-3H3/b11-9-,23-17?/t19-,21+/m0/s1. The van der Waals surface area contributed by atoms with Gasteiger partial charge in [-0.25, -0.2) is 4.98 Å². The maximum Gasteiger partial charge on any atom is 0.152 e. The lowest BCUT2D eigenvalue weighted by atomic mass is 9.92. The molecule has 0 radical (unpaired) electrons. The summed E-state index contributed by atoms with van der Waals surface area (Å²) in [5.74, 6) is 0.955. The second-order valence-corrected chi connectivity index (χ2v) is 8.16. The Labute approximate surface area is 169 Å². The fourth-order valence-electron chi connectivity index (χ4n) is 4.29. The van der Waals surface area contributed by atoms with E-state index in [2.05, 4.69) is 21.6 Å². The smallest absolute Gasteiger partial charge is 0.152 e. The van der Waals surface area contributed by atoms with E-state index >= 15 is 0 Å². The summed E-state index contributed by atoms with van der Waals surface area (Å²) in [5, 5.41) is 14.7. The van der Waals surface area contributed by atoms with Crippen LogP contribution in [0.4, 0.5) is 11.5 Å². The van der Waals surface area contributed by atoms with Crippen LogP contribution >= 0.6 is 0 Å². The number of rotatable bonds is 7. The van der Waals surface area contributed by atoms with Gasteiger partial charge in [-0.05, 0) is 50.8 Å².